The third-order valence-corrected chi connectivity index (χ3v) is 2.75. The Balaban J connectivity index is 2.81. The predicted molar refractivity (Wildman–Crippen MR) is 70.6 cm³/mol. The topological polar surface area (TPSA) is 46.3 Å². The largest absolute Gasteiger partial charge is 0.338 e. The van der Waals surface area contributed by atoms with Crippen LogP contribution in [-0.4, -0.2) is 23.9 Å². The van der Waals surface area contributed by atoms with Crippen LogP contribution in [0.5, 0.6) is 0 Å². The molecule has 3 nitrogen and oxygen atoms in total. The van der Waals surface area contributed by atoms with Gasteiger partial charge in [0, 0.05) is 13.1 Å². The molecule has 1 atom stereocenters. The lowest BCUT2D eigenvalue weighted by Crippen LogP contribution is -2.38. The second-order valence-electron chi connectivity index (χ2n) is 4.05. The molecule has 1 amide bonds. The lowest BCUT2D eigenvalue weighted by molar-refractivity contribution is -0.132. The SMILES string of the molecule is C=CCN(CC)C(=O)C(N)c1ccc(C)cc1. The molecular formula is C14H20N2O. The van der Waals surface area contributed by atoms with Crippen molar-refractivity contribution >= 4 is 5.91 Å². The maximum Gasteiger partial charge on any atom is 0.244 e. The van der Waals surface area contributed by atoms with Crippen LogP contribution >= 0.6 is 0 Å². The average molecular weight is 232 g/mol. The second-order valence-corrected chi connectivity index (χ2v) is 4.05. The van der Waals surface area contributed by atoms with Crippen LogP contribution < -0.4 is 5.73 Å². The van der Waals surface area contributed by atoms with E-state index in [0.29, 0.717) is 13.1 Å². The van der Waals surface area contributed by atoms with Crippen LogP contribution in [0.1, 0.15) is 24.1 Å². The molecule has 17 heavy (non-hydrogen) atoms. The Kier molecular flexibility index (Phi) is 4.91. The van der Waals surface area contributed by atoms with Crippen molar-refractivity contribution in [3.63, 3.8) is 0 Å². The smallest absolute Gasteiger partial charge is 0.244 e. The molecule has 0 saturated carbocycles. The highest BCUT2D eigenvalue weighted by Crippen LogP contribution is 2.14. The Labute approximate surface area is 103 Å². The molecule has 1 aromatic rings. The number of nitrogens with zero attached hydrogens (tertiary/aromatic N) is 1. The first-order valence-electron chi connectivity index (χ1n) is 5.82. The quantitative estimate of drug-likeness (QED) is 0.790. The Morgan fingerprint density at radius 2 is 2.06 bits per heavy atom. The Morgan fingerprint density at radius 3 is 2.53 bits per heavy atom. The van der Waals surface area contributed by atoms with Crippen LogP contribution in [0.2, 0.25) is 0 Å². The van der Waals surface area contributed by atoms with E-state index >= 15 is 0 Å². The molecule has 2 N–H and O–H groups in total. The molecular weight excluding hydrogens is 212 g/mol. The molecule has 3 heteroatoms. The zero-order valence-electron chi connectivity index (χ0n) is 10.5. The fraction of sp³-hybridized carbons (Fsp3) is 0.357. The molecule has 0 aliphatic heterocycles. The number of hydrogen-bond donors (Lipinski definition) is 1. The fourth-order valence-electron chi connectivity index (χ4n) is 1.64. The van der Waals surface area contributed by atoms with Crippen LogP contribution in [-0.2, 0) is 4.79 Å². The van der Waals surface area contributed by atoms with Gasteiger partial charge in [0.15, 0.2) is 0 Å². The molecule has 0 fully saturated rings. The molecule has 0 heterocycles. The highest BCUT2D eigenvalue weighted by molar-refractivity contribution is 5.83. The summed E-state index contributed by atoms with van der Waals surface area (Å²) in [6, 6.07) is 7.15. The summed E-state index contributed by atoms with van der Waals surface area (Å²) in [6.07, 6.45) is 1.71. The standard InChI is InChI=1S/C14H20N2O/c1-4-10-16(5-2)14(17)13(15)12-8-6-11(3)7-9-12/h4,6-9,13H,1,5,10,15H2,2-3H3. The summed E-state index contributed by atoms with van der Waals surface area (Å²) in [6.45, 7) is 8.76. The minimum atomic E-state index is -0.588. The van der Waals surface area contributed by atoms with Crippen LogP contribution in [0.4, 0.5) is 0 Å². The van der Waals surface area contributed by atoms with Gasteiger partial charge in [0.05, 0.1) is 0 Å². The van der Waals surface area contributed by atoms with Gasteiger partial charge in [-0.1, -0.05) is 35.9 Å². The maximum atomic E-state index is 12.1. The highest BCUT2D eigenvalue weighted by atomic mass is 16.2. The molecule has 0 aliphatic rings. The first-order valence-corrected chi connectivity index (χ1v) is 5.82. The van der Waals surface area contributed by atoms with E-state index in [2.05, 4.69) is 6.58 Å². The van der Waals surface area contributed by atoms with Gasteiger partial charge < -0.3 is 10.6 Å². The van der Waals surface area contributed by atoms with E-state index in [1.165, 1.54) is 0 Å². The zero-order valence-corrected chi connectivity index (χ0v) is 10.5. The van der Waals surface area contributed by atoms with Crippen molar-refractivity contribution in [3.05, 3.63) is 48.0 Å². The minimum Gasteiger partial charge on any atom is -0.338 e. The van der Waals surface area contributed by atoms with Gasteiger partial charge in [-0.05, 0) is 19.4 Å². The molecule has 92 valence electrons. The van der Waals surface area contributed by atoms with Crippen molar-refractivity contribution in [2.24, 2.45) is 5.73 Å². The summed E-state index contributed by atoms with van der Waals surface area (Å²) in [5.74, 6) is -0.0590. The molecule has 1 aromatic carbocycles. The van der Waals surface area contributed by atoms with E-state index in [4.69, 9.17) is 5.73 Å². The summed E-state index contributed by atoms with van der Waals surface area (Å²) in [5, 5.41) is 0. The normalized spacial score (nSPS) is 11.9. The van der Waals surface area contributed by atoms with Gasteiger partial charge in [0.1, 0.15) is 6.04 Å². The summed E-state index contributed by atoms with van der Waals surface area (Å²) >= 11 is 0. The summed E-state index contributed by atoms with van der Waals surface area (Å²) in [7, 11) is 0. The van der Waals surface area contributed by atoms with Gasteiger partial charge in [0.25, 0.3) is 0 Å². The number of likely N-dealkylation sites (N-methyl/N-ethyl adjacent to an activating group) is 1. The number of carbonyl (C=O) groups excluding carboxylic acids is 1. The van der Waals surface area contributed by atoms with E-state index < -0.39 is 6.04 Å². The van der Waals surface area contributed by atoms with Crippen molar-refractivity contribution in [3.8, 4) is 0 Å². The summed E-state index contributed by atoms with van der Waals surface area (Å²) in [5.41, 5.74) is 7.98. The van der Waals surface area contributed by atoms with Crippen molar-refractivity contribution in [1.82, 2.24) is 4.90 Å². The molecule has 0 spiro atoms. The Bertz CT molecular complexity index is 384. The number of benzene rings is 1. The summed E-state index contributed by atoms with van der Waals surface area (Å²) in [4.78, 5) is 13.8. The number of nitrogens with two attached hydrogens (primary N) is 1. The van der Waals surface area contributed by atoms with E-state index in [1.54, 1.807) is 11.0 Å². The lowest BCUT2D eigenvalue weighted by atomic mass is 10.0. The van der Waals surface area contributed by atoms with Crippen LogP contribution in [0.3, 0.4) is 0 Å². The molecule has 0 aromatic heterocycles. The number of aryl methyl sites for hydroxylation is 1. The number of carbonyl (C=O) groups is 1. The molecule has 0 radical (unpaired) electrons. The van der Waals surface area contributed by atoms with Crippen molar-refractivity contribution in [2.45, 2.75) is 19.9 Å². The molecule has 0 bridgehead atoms. The van der Waals surface area contributed by atoms with E-state index in [-0.39, 0.29) is 5.91 Å². The van der Waals surface area contributed by atoms with E-state index in [1.807, 2.05) is 38.1 Å². The average Bonchev–Trinajstić information content (AvgIpc) is 2.35. The zero-order chi connectivity index (χ0) is 12.8. The molecule has 1 unspecified atom stereocenters. The number of amides is 1. The monoisotopic (exact) mass is 232 g/mol. The van der Waals surface area contributed by atoms with E-state index in [9.17, 15) is 4.79 Å². The number of hydrogen-bond acceptors (Lipinski definition) is 2. The molecule has 0 aliphatic carbocycles. The lowest BCUT2D eigenvalue weighted by Gasteiger charge is -2.23. The minimum absolute atomic E-state index is 0.0590. The van der Waals surface area contributed by atoms with Gasteiger partial charge in [-0.2, -0.15) is 0 Å². The second kappa shape index (κ2) is 6.21. The van der Waals surface area contributed by atoms with Gasteiger partial charge >= 0.3 is 0 Å². The highest BCUT2D eigenvalue weighted by Gasteiger charge is 2.20. The van der Waals surface area contributed by atoms with Gasteiger partial charge in [-0.3, -0.25) is 4.79 Å². The maximum absolute atomic E-state index is 12.1. The van der Waals surface area contributed by atoms with Crippen molar-refractivity contribution in [1.29, 1.82) is 0 Å². The van der Waals surface area contributed by atoms with Gasteiger partial charge in [0.2, 0.25) is 5.91 Å². The van der Waals surface area contributed by atoms with E-state index in [0.717, 1.165) is 11.1 Å². The molecule has 1 rings (SSSR count). The molecule has 0 saturated heterocycles. The fourth-order valence-corrected chi connectivity index (χ4v) is 1.64. The van der Waals surface area contributed by atoms with Gasteiger partial charge in [-0.25, -0.2) is 0 Å². The van der Waals surface area contributed by atoms with Gasteiger partial charge in [-0.15, -0.1) is 6.58 Å². The van der Waals surface area contributed by atoms with Crippen LogP contribution in [0, 0.1) is 6.92 Å². The summed E-state index contributed by atoms with van der Waals surface area (Å²) < 4.78 is 0. The Morgan fingerprint density at radius 1 is 1.47 bits per heavy atom. The first kappa shape index (κ1) is 13.5. The van der Waals surface area contributed by atoms with Crippen LogP contribution in [0.25, 0.3) is 0 Å². The third-order valence-electron chi connectivity index (χ3n) is 2.75. The van der Waals surface area contributed by atoms with Crippen molar-refractivity contribution < 1.29 is 4.79 Å². The van der Waals surface area contributed by atoms with Crippen molar-refractivity contribution in [2.75, 3.05) is 13.1 Å². The third kappa shape index (κ3) is 3.43. The predicted octanol–water partition coefficient (Wildman–Crippen LogP) is 2.03. The Hall–Kier alpha value is -1.61. The first-order chi connectivity index (χ1) is 8.10. The number of rotatable bonds is 5. The van der Waals surface area contributed by atoms with Crippen LogP contribution in [0.15, 0.2) is 36.9 Å².